The monoisotopic (exact) mass is 380 g/mol. The highest BCUT2D eigenvalue weighted by atomic mass is 16.5. The van der Waals surface area contributed by atoms with Gasteiger partial charge in [-0.1, -0.05) is 60.7 Å². The third-order valence-electron chi connectivity index (χ3n) is 4.36. The summed E-state index contributed by atoms with van der Waals surface area (Å²) in [6, 6.07) is 29.7. The second kappa shape index (κ2) is 8.80. The topological polar surface area (TPSA) is 59.4 Å². The van der Waals surface area contributed by atoms with E-state index >= 15 is 0 Å². The molecule has 0 amide bonds. The minimum absolute atomic E-state index is 0.440. The van der Waals surface area contributed by atoms with E-state index in [4.69, 9.17) is 4.74 Å². The van der Waals surface area contributed by atoms with Crippen molar-refractivity contribution < 1.29 is 4.74 Å². The minimum Gasteiger partial charge on any atom is -0.497 e. The van der Waals surface area contributed by atoms with Gasteiger partial charge in [-0.3, -0.25) is 0 Å². The smallest absolute Gasteiger partial charge is 0.244 e. The number of hydrogen-bond donors (Lipinski definition) is 1. The number of hydrogen-bond acceptors (Lipinski definition) is 5. The fourth-order valence-electron chi connectivity index (χ4n) is 2.87. The number of rotatable bonds is 6. The summed E-state index contributed by atoms with van der Waals surface area (Å²) in [5.74, 6) is 1.25. The maximum atomic E-state index is 5.17. The molecule has 5 nitrogen and oxygen atoms in total. The summed E-state index contributed by atoms with van der Waals surface area (Å²) in [5.41, 5.74) is 7.62. The SMILES string of the molecule is COc1ccc(C=NNc2nc(-c3ccccc3)cc(-c3ccccc3)n2)cc1. The van der Waals surface area contributed by atoms with E-state index in [0.717, 1.165) is 33.8 Å². The first-order valence-corrected chi connectivity index (χ1v) is 9.25. The summed E-state index contributed by atoms with van der Waals surface area (Å²) >= 11 is 0. The molecule has 0 saturated carbocycles. The van der Waals surface area contributed by atoms with Crippen LogP contribution in [0.2, 0.25) is 0 Å². The van der Waals surface area contributed by atoms with Crippen molar-refractivity contribution in [3.8, 4) is 28.3 Å². The highest BCUT2D eigenvalue weighted by Crippen LogP contribution is 2.25. The lowest BCUT2D eigenvalue weighted by molar-refractivity contribution is 0.415. The van der Waals surface area contributed by atoms with E-state index < -0.39 is 0 Å². The lowest BCUT2D eigenvalue weighted by Crippen LogP contribution is -2.00. The van der Waals surface area contributed by atoms with Crippen LogP contribution >= 0.6 is 0 Å². The van der Waals surface area contributed by atoms with E-state index in [1.807, 2.05) is 91.0 Å². The van der Waals surface area contributed by atoms with Crippen molar-refractivity contribution in [1.82, 2.24) is 9.97 Å². The van der Waals surface area contributed by atoms with E-state index in [-0.39, 0.29) is 0 Å². The van der Waals surface area contributed by atoms with Crippen LogP contribution in [0.3, 0.4) is 0 Å². The molecule has 0 bridgehead atoms. The molecule has 1 aromatic heterocycles. The number of ether oxygens (including phenoxy) is 1. The van der Waals surface area contributed by atoms with Crippen LogP contribution in [0.5, 0.6) is 5.75 Å². The maximum absolute atomic E-state index is 5.17. The molecule has 0 spiro atoms. The average molecular weight is 380 g/mol. The number of aromatic nitrogens is 2. The second-order valence-electron chi connectivity index (χ2n) is 6.34. The molecule has 0 aliphatic carbocycles. The van der Waals surface area contributed by atoms with Crippen molar-refractivity contribution in [2.24, 2.45) is 5.10 Å². The third kappa shape index (κ3) is 4.65. The fourth-order valence-corrected chi connectivity index (χ4v) is 2.87. The van der Waals surface area contributed by atoms with Gasteiger partial charge in [-0.2, -0.15) is 5.10 Å². The van der Waals surface area contributed by atoms with Crippen LogP contribution in [-0.4, -0.2) is 23.3 Å². The van der Waals surface area contributed by atoms with Crippen LogP contribution in [0.25, 0.3) is 22.5 Å². The Morgan fingerprint density at radius 2 is 1.31 bits per heavy atom. The normalized spacial score (nSPS) is 10.8. The Hall–Kier alpha value is -3.99. The van der Waals surface area contributed by atoms with Crippen molar-refractivity contribution in [3.63, 3.8) is 0 Å². The van der Waals surface area contributed by atoms with E-state index in [1.165, 1.54) is 0 Å². The van der Waals surface area contributed by atoms with Gasteiger partial charge in [0.05, 0.1) is 24.7 Å². The number of anilines is 1. The molecule has 5 heteroatoms. The fraction of sp³-hybridized carbons (Fsp3) is 0.0417. The van der Waals surface area contributed by atoms with Crippen LogP contribution in [0.4, 0.5) is 5.95 Å². The van der Waals surface area contributed by atoms with Crippen molar-refractivity contribution in [2.45, 2.75) is 0 Å². The van der Waals surface area contributed by atoms with E-state index in [1.54, 1.807) is 13.3 Å². The Labute approximate surface area is 169 Å². The van der Waals surface area contributed by atoms with Crippen LogP contribution in [0, 0.1) is 0 Å². The molecular formula is C24H20N4O. The van der Waals surface area contributed by atoms with Crippen LogP contribution in [0.1, 0.15) is 5.56 Å². The average Bonchev–Trinajstić information content (AvgIpc) is 2.80. The summed E-state index contributed by atoms with van der Waals surface area (Å²) in [4.78, 5) is 9.26. The van der Waals surface area contributed by atoms with Gasteiger partial charge in [0, 0.05) is 11.1 Å². The summed E-state index contributed by atoms with van der Waals surface area (Å²) in [5, 5.41) is 4.30. The molecule has 0 unspecified atom stereocenters. The first-order chi connectivity index (χ1) is 14.3. The summed E-state index contributed by atoms with van der Waals surface area (Å²) in [6.07, 6.45) is 1.72. The molecule has 4 aromatic rings. The lowest BCUT2D eigenvalue weighted by atomic mass is 10.1. The zero-order chi connectivity index (χ0) is 19.9. The molecule has 1 N–H and O–H groups in total. The molecule has 0 atom stereocenters. The Balaban J connectivity index is 1.63. The van der Waals surface area contributed by atoms with Crippen molar-refractivity contribution in [2.75, 3.05) is 12.5 Å². The Bertz CT molecular complexity index is 1040. The van der Waals surface area contributed by atoms with Crippen molar-refractivity contribution in [1.29, 1.82) is 0 Å². The number of nitrogens with zero attached hydrogens (tertiary/aromatic N) is 3. The zero-order valence-corrected chi connectivity index (χ0v) is 16.0. The Kier molecular flexibility index (Phi) is 5.58. The van der Waals surface area contributed by atoms with Crippen LogP contribution < -0.4 is 10.2 Å². The van der Waals surface area contributed by atoms with Crippen molar-refractivity contribution in [3.05, 3.63) is 96.6 Å². The van der Waals surface area contributed by atoms with Gasteiger partial charge in [0.15, 0.2) is 0 Å². The summed E-state index contributed by atoms with van der Waals surface area (Å²) in [6.45, 7) is 0. The van der Waals surface area contributed by atoms with Gasteiger partial charge in [0.1, 0.15) is 5.75 Å². The van der Waals surface area contributed by atoms with Gasteiger partial charge >= 0.3 is 0 Å². The lowest BCUT2D eigenvalue weighted by Gasteiger charge is -2.08. The Morgan fingerprint density at radius 3 is 1.83 bits per heavy atom. The maximum Gasteiger partial charge on any atom is 0.244 e. The zero-order valence-electron chi connectivity index (χ0n) is 16.0. The van der Waals surface area contributed by atoms with Gasteiger partial charge < -0.3 is 4.74 Å². The molecule has 0 aliphatic rings. The quantitative estimate of drug-likeness (QED) is 0.366. The number of nitrogens with one attached hydrogen (secondary N) is 1. The minimum atomic E-state index is 0.440. The first kappa shape index (κ1) is 18.4. The van der Waals surface area contributed by atoms with Crippen LogP contribution in [-0.2, 0) is 0 Å². The van der Waals surface area contributed by atoms with Gasteiger partial charge in [-0.25, -0.2) is 15.4 Å². The highest BCUT2D eigenvalue weighted by Gasteiger charge is 2.08. The standard InChI is InChI=1S/C24H20N4O/c1-29-21-14-12-18(13-15-21)17-25-28-24-26-22(19-8-4-2-5-9-19)16-23(27-24)20-10-6-3-7-11-20/h2-17H,1H3,(H,26,27,28). The van der Waals surface area contributed by atoms with E-state index in [0.29, 0.717) is 5.95 Å². The summed E-state index contributed by atoms with van der Waals surface area (Å²) < 4.78 is 5.17. The predicted octanol–water partition coefficient (Wildman–Crippen LogP) is 5.27. The number of hydrazone groups is 1. The molecule has 0 aliphatic heterocycles. The third-order valence-corrected chi connectivity index (χ3v) is 4.36. The Morgan fingerprint density at radius 1 is 0.759 bits per heavy atom. The molecule has 1 heterocycles. The summed E-state index contributed by atoms with van der Waals surface area (Å²) in [7, 11) is 1.64. The van der Waals surface area contributed by atoms with Gasteiger partial charge in [-0.05, 0) is 35.9 Å². The highest BCUT2D eigenvalue weighted by molar-refractivity contribution is 5.80. The molecule has 142 valence electrons. The van der Waals surface area contributed by atoms with E-state index in [2.05, 4.69) is 20.5 Å². The molecule has 29 heavy (non-hydrogen) atoms. The molecular weight excluding hydrogens is 360 g/mol. The van der Waals surface area contributed by atoms with Gasteiger partial charge in [0.25, 0.3) is 0 Å². The van der Waals surface area contributed by atoms with Crippen molar-refractivity contribution >= 4 is 12.2 Å². The molecule has 0 saturated heterocycles. The van der Waals surface area contributed by atoms with Gasteiger partial charge in [-0.15, -0.1) is 0 Å². The number of benzene rings is 3. The molecule has 0 radical (unpaired) electrons. The predicted molar refractivity (Wildman–Crippen MR) is 117 cm³/mol. The second-order valence-corrected chi connectivity index (χ2v) is 6.34. The van der Waals surface area contributed by atoms with E-state index in [9.17, 15) is 0 Å². The first-order valence-electron chi connectivity index (χ1n) is 9.25. The molecule has 3 aromatic carbocycles. The number of methoxy groups -OCH3 is 1. The van der Waals surface area contributed by atoms with Gasteiger partial charge in [0.2, 0.25) is 5.95 Å². The van der Waals surface area contributed by atoms with Crippen LogP contribution in [0.15, 0.2) is 96.1 Å². The largest absolute Gasteiger partial charge is 0.497 e. The molecule has 4 rings (SSSR count). The molecule has 0 fully saturated rings.